The molecule has 1 atom stereocenters. The van der Waals surface area contributed by atoms with Gasteiger partial charge in [0, 0.05) is 5.56 Å². The van der Waals surface area contributed by atoms with Gasteiger partial charge in [0.1, 0.15) is 17.3 Å². The van der Waals surface area contributed by atoms with Gasteiger partial charge in [0.15, 0.2) is 11.5 Å². The Morgan fingerprint density at radius 1 is 1.12 bits per heavy atom. The number of rotatable bonds is 6. The van der Waals surface area contributed by atoms with Crippen molar-refractivity contribution in [2.75, 3.05) is 14.2 Å². The number of Topliss-reactive ketones (excluding diaryl/α,β-unsaturated/α-hetero) is 1. The van der Waals surface area contributed by atoms with Gasteiger partial charge in [-0.1, -0.05) is 12.1 Å². The molecule has 0 radical (unpaired) electrons. The lowest BCUT2D eigenvalue weighted by molar-refractivity contribution is -0.140. The highest BCUT2D eigenvalue weighted by Gasteiger charge is 2.46. The number of hydrogen-bond acceptors (Lipinski definition) is 7. The number of likely N-dealkylation sites (tertiary alicyclic amines) is 1. The molecule has 0 saturated carbocycles. The number of ether oxygens (including phenoxy) is 2. The van der Waals surface area contributed by atoms with Crippen molar-refractivity contribution >= 4 is 33.4 Å². The third-order valence-electron chi connectivity index (χ3n) is 5.38. The summed E-state index contributed by atoms with van der Waals surface area (Å²) in [5.74, 6) is -1.01. The number of aliphatic hydroxyl groups excluding tert-OH is 1. The van der Waals surface area contributed by atoms with Gasteiger partial charge in [0.2, 0.25) is 0 Å². The van der Waals surface area contributed by atoms with E-state index >= 15 is 0 Å². The molecular formula is C24H20BrNO7. The summed E-state index contributed by atoms with van der Waals surface area (Å²) >= 11 is 3.28. The molecule has 8 nitrogen and oxygen atoms in total. The van der Waals surface area contributed by atoms with E-state index < -0.39 is 17.7 Å². The van der Waals surface area contributed by atoms with Crippen LogP contribution in [0.15, 0.2) is 69.3 Å². The quantitative estimate of drug-likeness (QED) is 0.285. The number of phenols is 1. The Labute approximate surface area is 197 Å². The van der Waals surface area contributed by atoms with Crippen molar-refractivity contribution in [3.05, 3.63) is 81.7 Å². The molecule has 9 heteroatoms. The van der Waals surface area contributed by atoms with Crippen LogP contribution in [-0.2, 0) is 16.1 Å². The molecule has 4 rings (SSSR count). The van der Waals surface area contributed by atoms with Crippen LogP contribution < -0.4 is 9.47 Å². The number of amides is 1. The van der Waals surface area contributed by atoms with Gasteiger partial charge in [-0.15, -0.1) is 0 Å². The molecule has 3 aromatic rings. The van der Waals surface area contributed by atoms with Gasteiger partial charge in [-0.05, 0) is 57.9 Å². The summed E-state index contributed by atoms with van der Waals surface area (Å²) in [5, 5.41) is 21.4. The molecule has 0 spiro atoms. The van der Waals surface area contributed by atoms with Gasteiger partial charge >= 0.3 is 0 Å². The number of aromatic hydroxyl groups is 1. The number of nitrogens with zero attached hydrogens (tertiary/aromatic N) is 1. The van der Waals surface area contributed by atoms with Gasteiger partial charge in [-0.25, -0.2) is 0 Å². The zero-order valence-electron chi connectivity index (χ0n) is 17.7. The minimum Gasteiger partial charge on any atom is -0.507 e. The first-order chi connectivity index (χ1) is 15.8. The van der Waals surface area contributed by atoms with E-state index in [4.69, 9.17) is 13.9 Å². The molecule has 2 heterocycles. The van der Waals surface area contributed by atoms with E-state index in [0.29, 0.717) is 27.1 Å². The van der Waals surface area contributed by atoms with Crippen LogP contribution in [0.1, 0.15) is 22.9 Å². The molecule has 2 aromatic carbocycles. The van der Waals surface area contributed by atoms with E-state index in [2.05, 4.69) is 15.9 Å². The van der Waals surface area contributed by atoms with Crippen LogP contribution in [-0.4, -0.2) is 41.0 Å². The SMILES string of the molecule is COc1cccc(C(O)=C2C(=O)C(=O)N(Cc3ccco3)C2c2cc(Br)c(O)c(OC)c2)c1. The number of carbonyl (C=O) groups is 2. The molecule has 2 N–H and O–H groups in total. The largest absolute Gasteiger partial charge is 0.507 e. The zero-order valence-corrected chi connectivity index (χ0v) is 19.3. The molecular weight excluding hydrogens is 494 g/mol. The molecule has 1 aromatic heterocycles. The minimum atomic E-state index is -0.966. The Morgan fingerprint density at radius 2 is 1.91 bits per heavy atom. The summed E-state index contributed by atoms with van der Waals surface area (Å²) in [5.41, 5.74) is 0.673. The Hall–Kier alpha value is -3.72. The summed E-state index contributed by atoms with van der Waals surface area (Å²) in [6.07, 6.45) is 1.47. The van der Waals surface area contributed by atoms with E-state index in [-0.39, 0.29) is 29.4 Å². The highest BCUT2D eigenvalue weighted by Crippen LogP contribution is 2.45. The van der Waals surface area contributed by atoms with Crippen molar-refractivity contribution in [1.82, 2.24) is 4.90 Å². The van der Waals surface area contributed by atoms with Crippen molar-refractivity contribution in [2.45, 2.75) is 12.6 Å². The smallest absolute Gasteiger partial charge is 0.296 e. The van der Waals surface area contributed by atoms with Gasteiger partial charge < -0.3 is 29.0 Å². The number of furan rings is 1. The van der Waals surface area contributed by atoms with Crippen molar-refractivity contribution in [2.24, 2.45) is 0 Å². The normalized spacial score (nSPS) is 17.4. The standard InChI is InChI=1S/C24H20BrNO7/c1-31-15-6-3-5-13(9-15)21(27)19-20(14-10-17(25)22(28)18(11-14)32-2)26(24(30)23(19)29)12-16-7-4-8-33-16/h3-11,20,27-28H,12H2,1-2H3. The highest BCUT2D eigenvalue weighted by molar-refractivity contribution is 9.10. The summed E-state index contributed by atoms with van der Waals surface area (Å²) in [6, 6.07) is 12.0. The Bertz CT molecular complexity index is 1250. The molecule has 0 aliphatic carbocycles. The number of ketones is 1. The number of halogens is 1. The maximum Gasteiger partial charge on any atom is 0.296 e. The highest BCUT2D eigenvalue weighted by atomic mass is 79.9. The average Bonchev–Trinajstić information content (AvgIpc) is 3.42. The Morgan fingerprint density at radius 3 is 2.58 bits per heavy atom. The van der Waals surface area contributed by atoms with E-state index in [0.717, 1.165) is 0 Å². The van der Waals surface area contributed by atoms with Crippen LogP contribution in [0, 0.1) is 0 Å². The molecule has 1 fully saturated rings. The predicted molar refractivity (Wildman–Crippen MR) is 122 cm³/mol. The molecule has 33 heavy (non-hydrogen) atoms. The third-order valence-corrected chi connectivity index (χ3v) is 5.98. The van der Waals surface area contributed by atoms with Crippen LogP contribution in [0.25, 0.3) is 5.76 Å². The van der Waals surface area contributed by atoms with E-state index in [1.807, 2.05) is 0 Å². The first kappa shape index (κ1) is 22.5. The van der Waals surface area contributed by atoms with Gasteiger partial charge in [-0.3, -0.25) is 9.59 Å². The van der Waals surface area contributed by atoms with Crippen molar-refractivity contribution in [3.8, 4) is 17.2 Å². The van der Waals surface area contributed by atoms with Crippen molar-refractivity contribution in [1.29, 1.82) is 0 Å². The van der Waals surface area contributed by atoms with E-state index in [9.17, 15) is 19.8 Å². The van der Waals surface area contributed by atoms with Gasteiger partial charge in [0.05, 0.1) is 43.1 Å². The number of benzene rings is 2. The summed E-state index contributed by atoms with van der Waals surface area (Å²) in [7, 11) is 2.88. The van der Waals surface area contributed by atoms with Crippen molar-refractivity contribution in [3.63, 3.8) is 0 Å². The maximum atomic E-state index is 13.1. The zero-order chi connectivity index (χ0) is 23.7. The summed E-state index contributed by atoms with van der Waals surface area (Å²) in [4.78, 5) is 27.5. The summed E-state index contributed by atoms with van der Waals surface area (Å²) < 4.78 is 16.2. The Kier molecular flexibility index (Phi) is 6.15. The van der Waals surface area contributed by atoms with E-state index in [1.54, 1.807) is 42.5 Å². The number of methoxy groups -OCH3 is 2. The first-order valence-electron chi connectivity index (χ1n) is 9.87. The number of phenolic OH excluding ortho intramolecular Hbond substituents is 1. The minimum absolute atomic E-state index is 0.00204. The van der Waals surface area contributed by atoms with Crippen LogP contribution in [0.2, 0.25) is 0 Å². The topological polar surface area (TPSA) is 109 Å². The second-order valence-corrected chi connectivity index (χ2v) is 8.15. The fourth-order valence-corrected chi connectivity index (χ4v) is 4.25. The molecule has 1 aliphatic heterocycles. The molecule has 170 valence electrons. The van der Waals surface area contributed by atoms with Crippen LogP contribution in [0.4, 0.5) is 0 Å². The third kappa shape index (κ3) is 4.07. The van der Waals surface area contributed by atoms with E-state index in [1.165, 1.54) is 31.4 Å². The number of aliphatic hydroxyl groups is 1. The van der Waals surface area contributed by atoms with Crippen LogP contribution in [0.3, 0.4) is 0 Å². The number of carbonyl (C=O) groups excluding carboxylic acids is 2. The van der Waals surface area contributed by atoms with Crippen LogP contribution in [0.5, 0.6) is 17.2 Å². The lowest BCUT2D eigenvalue weighted by Gasteiger charge is -2.25. The Balaban J connectivity index is 1.93. The molecule has 1 unspecified atom stereocenters. The lowest BCUT2D eigenvalue weighted by Crippen LogP contribution is -2.29. The maximum absolute atomic E-state index is 13.1. The second kappa shape index (κ2) is 9.03. The fourth-order valence-electron chi connectivity index (χ4n) is 3.79. The lowest BCUT2D eigenvalue weighted by atomic mass is 9.95. The molecule has 0 bridgehead atoms. The first-order valence-corrected chi connectivity index (χ1v) is 10.7. The summed E-state index contributed by atoms with van der Waals surface area (Å²) in [6.45, 7) is -0.00204. The second-order valence-electron chi connectivity index (χ2n) is 7.29. The molecule has 1 aliphatic rings. The van der Waals surface area contributed by atoms with Gasteiger partial charge in [-0.2, -0.15) is 0 Å². The fraction of sp³-hybridized carbons (Fsp3) is 0.167. The predicted octanol–water partition coefficient (Wildman–Crippen LogP) is 4.39. The van der Waals surface area contributed by atoms with Crippen LogP contribution >= 0.6 is 15.9 Å². The van der Waals surface area contributed by atoms with Crippen molar-refractivity contribution < 1.29 is 33.7 Å². The number of hydrogen-bond donors (Lipinski definition) is 2. The molecule has 1 saturated heterocycles. The van der Waals surface area contributed by atoms with Gasteiger partial charge in [0.25, 0.3) is 11.7 Å². The molecule has 1 amide bonds. The monoisotopic (exact) mass is 513 g/mol. The average molecular weight is 514 g/mol.